The number of hydrogen-bond acceptors (Lipinski definition) is 8. The molecule has 0 aliphatic carbocycles. The Morgan fingerprint density at radius 1 is 1.25 bits per heavy atom. The van der Waals surface area contributed by atoms with Gasteiger partial charge >= 0.3 is 0 Å². The zero-order chi connectivity index (χ0) is 22.4. The minimum atomic E-state index is 0.252. The number of piperazine rings is 1. The number of anilines is 1. The fourth-order valence-corrected chi connectivity index (χ4v) is 5.35. The summed E-state index contributed by atoms with van der Waals surface area (Å²) in [6.45, 7) is 10.8. The molecule has 4 aromatic rings. The van der Waals surface area contributed by atoms with Crippen LogP contribution in [0.2, 0.25) is 0 Å². The molecule has 2 N–H and O–H groups in total. The van der Waals surface area contributed by atoms with E-state index in [0.29, 0.717) is 23.5 Å². The predicted molar refractivity (Wildman–Crippen MR) is 127 cm³/mol. The van der Waals surface area contributed by atoms with Gasteiger partial charge in [-0.25, -0.2) is 14.5 Å². The van der Waals surface area contributed by atoms with Gasteiger partial charge in [-0.05, 0) is 25.8 Å². The summed E-state index contributed by atoms with van der Waals surface area (Å²) < 4.78 is 7.27. The topological polar surface area (TPSA) is 96.3 Å². The first kappa shape index (κ1) is 20.9. The molecule has 168 valence electrons. The van der Waals surface area contributed by atoms with Crippen LogP contribution >= 0.6 is 11.3 Å². The molecule has 5 heterocycles. The maximum atomic E-state index is 5.55. The molecule has 1 saturated heterocycles. The van der Waals surface area contributed by atoms with Gasteiger partial charge in [0.25, 0.3) is 0 Å². The summed E-state index contributed by atoms with van der Waals surface area (Å²) in [4.78, 5) is 11.5. The Bertz CT molecular complexity index is 1240. The number of aromatic nitrogens is 6. The van der Waals surface area contributed by atoms with E-state index in [-0.39, 0.29) is 5.92 Å². The van der Waals surface area contributed by atoms with Crippen molar-refractivity contribution in [2.75, 3.05) is 25.1 Å². The molecule has 1 aliphatic heterocycles. The van der Waals surface area contributed by atoms with Crippen LogP contribution in [-0.4, -0.2) is 62.1 Å². The van der Waals surface area contributed by atoms with E-state index in [9.17, 15) is 0 Å². The highest BCUT2D eigenvalue weighted by molar-refractivity contribution is 7.18. The number of aromatic amines is 1. The number of ether oxygens (including phenoxy) is 1. The number of H-pyrrole nitrogens is 1. The first-order chi connectivity index (χ1) is 15.5. The summed E-state index contributed by atoms with van der Waals surface area (Å²) in [5.74, 6) is 0.916. The number of methoxy groups -OCH3 is 1. The van der Waals surface area contributed by atoms with Gasteiger partial charge in [-0.2, -0.15) is 10.2 Å². The lowest BCUT2D eigenvalue weighted by Gasteiger charge is -2.38. The fraction of sp³-hybridized carbons (Fsp3) is 0.455. The Balaban J connectivity index is 1.56. The second-order valence-corrected chi connectivity index (χ2v) is 9.66. The monoisotopic (exact) mass is 452 g/mol. The van der Waals surface area contributed by atoms with E-state index >= 15 is 0 Å². The van der Waals surface area contributed by atoms with Crippen molar-refractivity contribution in [1.82, 2.24) is 35.1 Å². The van der Waals surface area contributed by atoms with Crippen LogP contribution in [0.15, 0.2) is 24.8 Å². The smallest absolute Gasteiger partial charge is 0.197 e. The molecule has 2 atom stereocenters. The van der Waals surface area contributed by atoms with E-state index < -0.39 is 0 Å². The predicted octanol–water partition coefficient (Wildman–Crippen LogP) is 3.56. The van der Waals surface area contributed by atoms with Crippen LogP contribution in [0.1, 0.15) is 39.2 Å². The second kappa shape index (κ2) is 8.18. The Kier molecular flexibility index (Phi) is 5.34. The largest absolute Gasteiger partial charge is 0.493 e. The molecule has 0 radical (unpaired) electrons. The molecule has 5 rings (SSSR count). The summed E-state index contributed by atoms with van der Waals surface area (Å²) in [6.07, 6.45) is 5.45. The third kappa shape index (κ3) is 3.53. The number of nitrogens with zero attached hydrogens (tertiary/aromatic N) is 6. The number of hydrogen-bond donors (Lipinski definition) is 2. The molecule has 10 heteroatoms. The Hall–Kier alpha value is -2.98. The van der Waals surface area contributed by atoms with Crippen molar-refractivity contribution in [3.63, 3.8) is 0 Å². The number of pyridine rings is 1. The third-order valence-corrected chi connectivity index (χ3v) is 7.02. The lowest BCUT2D eigenvalue weighted by molar-refractivity contribution is 0.416. The van der Waals surface area contributed by atoms with Crippen LogP contribution in [-0.2, 0) is 0 Å². The summed E-state index contributed by atoms with van der Waals surface area (Å²) in [7, 11) is 1.64. The lowest BCUT2D eigenvalue weighted by Crippen LogP contribution is -2.54. The molecule has 0 saturated carbocycles. The van der Waals surface area contributed by atoms with Gasteiger partial charge in [-0.15, -0.1) is 0 Å². The van der Waals surface area contributed by atoms with Crippen molar-refractivity contribution >= 4 is 22.0 Å². The Morgan fingerprint density at radius 2 is 2.09 bits per heavy atom. The average Bonchev–Trinajstić information content (AvgIpc) is 3.52. The molecule has 0 unspecified atom stereocenters. The number of nitrogens with one attached hydrogen (secondary N) is 2. The molecule has 0 bridgehead atoms. The average molecular weight is 453 g/mol. The second-order valence-electron chi connectivity index (χ2n) is 8.66. The van der Waals surface area contributed by atoms with Gasteiger partial charge in [0, 0.05) is 42.5 Å². The van der Waals surface area contributed by atoms with E-state index in [4.69, 9.17) is 14.8 Å². The van der Waals surface area contributed by atoms with Gasteiger partial charge < -0.3 is 15.0 Å². The summed E-state index contributed by atoms with van der Waals surface area (Å²) >= 11 is 1.71. The van der Waals surface area contributed by atoms with Gasteiger partial charge in [0.1, 0.15) is 16.3 Å². The molecule has 0 amide bonds. The van der Waals surface area contributed by atoms with Crippen molar-refractivity contribution in [3.05, 3.63) is 30.4 Å². The SMILES string of the molecule is COc1cc(-c2n[nH]c(-c3ncc(N4C[C@H](C)NC[C@H]4C)s3)c2C(C)C)cn2ncnc12. The molecule has 9 nitrogen and oxygen atoms in total. The highest BCUT2D eigenvalue weighted by atomic mass is 32.1. The minimum Gasteiger partial charge on any atom is -0.493 e. The van der Waals surface area contributed by atoms with Crippen molar-refractivity contribution in [1.29, 1.82) is 0 Å². The normalized spacial score (nSPS) is 19.2. The molecule has 1 fully saturated rings. The van der Waals surface area contributed by atoms with Crippen molar-refractivity contribution in [2.45, 2.75) is 45.7 Å². The summed E-state index contributed by atoms with van der Waals surface area (Å²) in [6, 6.07) is 2.86. The number of thiazole rings is 1. The van der Waals surface area contributed by atoms with Crippen molar-refractivity contribution in [2.24, 2.45) is 0 Å². The molecule has 4 aromatic heterocycles. The van der Waals surface area contributed by atoms with Crippen molar-refractivity contribution in [3.8, 4) is 27.7 Å². The highest BCUT2D eigenvalue weighted by Crippen LogP contribution is 2.40. The first-order valence-electron chi connectivity index (χ1n) is 10.9. The minimum absolute atomic E-state index is 0.252. The molecule has 1 aliphatic rings. The van der Waals surface area contributed by atoms with Gasteiger partial charge in [0.15, 0.2) is 11.4 Å². The number of fused-ring (bicyclic) bond motifs is 1. The van der Waals surface area contributed by atoms with E-state index in [1.165, 1.54) is 11.3 Å². The zero-order valence-corrected chi connectivity index (χ0v) is 19.8. The van der Waals surface area contributed by atoms with E-state index in [0.717, 1.165) is 40.6 Å². The van der Waals surface area contributed by atoms with E-state index in [1.54, 1.807) is 23.0 Å². The van der Waals surface area contributed by atoms with Gasteiger partial charge in [0.2, 0.25) is 0 Å². The fourth-order valence-electron chi connectivity index (χ4n) is 4.31. The van der Waals surface area contributed by atoms with Gasteiger partial charge in [-0.3, -0.25) is 5.10 Å². The van der Waals surface area contributed by atoms with Crippen LogP contribution in [0.5, 0.6) is 5.75 Å². The first-order valence-corrected chi connectivity index (χ1v) is 11.7. The zero-order valence-electron chi connectivity index (χ0n) is 19.0. The quantitative estimate of drug-likeness (QED) is 0.478. The van der Waals surface area contributed by atoms with E-state index in [2.05, 4.69) is 53.1 Å². The van der Waals surface area contributed by atoms with Crippen molar-refractivity contribution < 1.29 is 4.74 Å². The Morgan fingerprint density at radius 3 is 2.88 bits per heavy atom. The molecule has 0 spiro atoms. The van der Waals surface area contributed by atoms with E-state index in [1.807, 2.05) is 18.5 Å². The van der Waals surface area contributed by atoms with Gasteiger partial charge in [-0.1, -0.05) is 25.2 Å². The van der Waals surface area contributed by atoms with Crippen LogP contribution in [0.25, 0.3) is 27.6 Å². The Labute approximate surface area is 190 Å². The number of rotatable bonds is 5. The van der Waals surface area contributed by atoms with Crippen LogP contribution < -0.4 is 15.0 Å². The molecule has 0 aromatic carbocycles. The standard InChI is InChI=1S/C22H28N8OS/c1-12(2)18-19(15-6-16(31-5)21-25-11-26-30(21)10-15)27-28-20(18)22-24-8-17(32-22)29-9-13(3)23-7-14(29)4/h6,8,10-14,23H,7,9H2,1-5H3,(H,27,28)/t13-,14+/m0/s1. The van der Waals surface area contributed by atoms with Crippen LogP contribution in [0.4, 0.5) is 5.00 Å². The van der Waals surface area contributed by atoms with Crippen LogP contribution in [0, 0.1) is 0 Å². The summed E-state index contributed by atoms with van der Waals surface area (Å²) in [5.41, 5.74) is 4.59. The molecule has 32 heavy (non-hydrogen) atoms. The maximum absolute atomic E-state index is 5.55. The molecular weight excluding hydrogens is 424 g/mol. The molecular formula is C22H28N8OS. The maximum Gasteiger partial charge on any atom is 0.197 e. The van der Waals surface area contributed by atoms with Crippen LogP contribution in [0.3, 0.4) is 0 Å². The lowest BCUT2D eigenvalue weighted by atomic mass is 9.97. The summed E-state index contributed by atoms with van der Waals surface area (Å²) in [5, 5.41) is 17.9. The highest BCUT2D eigenvalue weighted by Gasteiger charge is 2.26. The third-order valence-electron chi connectivity index (χ3n) is 5.97. The van der Waals surface area contributed by atoms with Gasteiger partial charge in [0.05, 0.1) is 24.7 Å².